The predicted molar refractivity (Wildman–Crippen MR) is 59.6 cm³/mol. The topological polar surface area (TPSA) is 85.4 Å². The second-order valence-electron chi connectivity index (χ2n) is 2.95. The van der Waals surface area contributed by atoms with E-state index in [0.717, 1.165) is 11.3 Å². The molecule has 3 N–H and O–H groups in total. The van der Waals surface area contributed by atoms with Gasteiger partial charge in [0.05, 0.1) is 5.51 Å². The number of nitrogen functional groups attached to an aromatic ring is 1. The number of aromatic nitrogens is 1. The molecule has 82 valence electrons. The maximum absolute atomic E-state index is 11.6. The first-order valence-electron chi connectivity index (χ1n) is 4.37. The zero-order valence-electron chi connectivity index (χ0n) is 8.08. The van der Waals surface area contributed by atoms with Crippen molar-refractivity contribution in [2.24, 2.45) is 0 Å². The van der Waals surface area contributed by atoms with Gasteiger partial charge < -0.3 is 15.6 Å². The molecule has 16 heavy (non-hydrogen) atoms. The third-order valence-corrected chi connectivity index (χ3v) is 2.47. The fourth-order valence-corrected chi connectivity index (χ4v) is 1.63. The highest BCUT2D eigenvalue weighted by molar-refractivity contribution is 7.14. The summed E-state index contributed by atoms with van der Waals surface area (Å²) in [7, 11) is 0. The summed E-state index contributed by atoms with van der Waals surface area (Å²) >= 11 is 1.16. The standard InChI is InChI=1S/C10H8N2O3S/c11-9-8(12-5-16-9)10(14)15-7-3-1-2-6(13)4-7/h1-5,13H,11H2. The van der Waals surface area contributed by atoms with E-state index in [1.54, 1.807) is 12.1 Å². The Balaban J connectivity index is 2.17. The van der Waals surface area contributed by atoms with Gasteiger partial charge in [-0.05, 0) is 12.1 Å². The van der Waals surface area contributed by atoms with Crippen molar-refractivity contribution in [2.45, 2.75) is 0 Å². The van der Waals surface area contributed by atoms with Crippen molar-refractivity contribution in [2.75, 3.05) is 5.73 Å². The van der Waals surface area contributed by atoms with E-state index < -0.39 is 5.97 Å². The summed E-state index contributed by atoms with van der Waals surface area (Å²) in [5.74, 6) is -0.363. The van der Waals surface area contributed by atoms with Gasteiger partial charge in [0.25, 0.3) is 0 Å². The van der Waals surface area contributed by atoms with Crippen LogP contribution in [0.25, 0.3) is 0 Å². The number of benzene rings is 1. The lowest BCUT2D eigenvalue weighted by molar-refractivity contribution is 0.0730. The zero-order valence-corrected chi connectivity index (χ0v) is 8.90. The lowest BCUT2D eigenvalue weighted by Crippen LogP contribution is -2.10. The summed E-state index contributed by atoms with van der Waals surface area (Å²) in [5.41, 5.74) is 7.09. The van der Waals surface area contributed by atoms with Crippen LogP contribution in [0.5, 0.6) is 11.5 Å². The average Bonchev–Trinajstić information content (AvgIpc) is 2.64. The van der Waals surface area contributed by atoms with Gasteiger partial charge in [-0.3, -0.25) is 0 Å². The highest BCUT2D eigenvalue weighted by atomic mass is 32.1. The summed E-state index contributed by atoms with van der Waals surface area (Å²) in [6, 6.07) is 5.94. The number of thiazole rings is 1. The molecule has 2 aromatic rings. The Labute approximate surface area is 95.1 Å². The Hall–Kier alpha value is -2.08. The number of nitrogens with zero attached hydrogens (tertiary/aromatic N) is 1. The van der Waals surface area contributed by atoms with E-state index >= 15 is 0 Å². The Morgan fingerprint density at radius 2 is 2.31 bits per heavy atom. The lowest BCUT2D eigenvalue weighted by atomic mass is 10.3. The molecule has 0 aliphatic rings. The van der Waals surface area contributed by atoms with Gasteiger partial charge in [0.15, 0.2) is 5.69 Å². The molecule has 0 atom stereocenters. The minimum absolute atomic E-state index is 0.0246. The number of rotatable bonds is 2. The Kier molecular flexibility index (Phi) is 2.74. The van der Waals surface area contributed by atoms with Crippen LogP contribution in [0, 0.1) is 0 Å². The zero-order chi connectivity index (χ0) is 11.5. The van der Waals surface area contributed by atoms with E-state index in [1.165, 1.54) is 17.6 Å². The molecule has 5 nitrogen and oxygen atoms in total. The second kappa shape index (κ2) is 4.19. The maximum atomic E-state index is 11.6. The Morgan fingerprint density at radius 1 is 1.50 bits per heavy atom. The largest absolute Gasteiger partial charge is 0.508 e. The Morgan fingerprint density at radius 3 is 2.94 bits per heavy atom. The van der Waals surface area contributed by atoms with Gasteiger partial charge in [0.1, 0.15) is 16.5 Å². The number of esters is 1. The first-order valence-corrected chi connectivity index (χ1v) is 5.25. The van der Waals surface area contributed by atoms with Crippen LogP contribution in [0.1, 0.15) is 10.5 Å². The number of hydrogen-bond donors (Lipinski definition) is 2. The number of nitrogens with two attached hydrogens (primary N) is 1. The van der Waals surface area contributed by atoms with Crippen LogP contribution in [0.4, 0.5) is 5.00 Å². The minimum Gasteiger partial charge on any atom is -0.508 e. The van der Waals surface area contributed by atoms with Gasteiger partial charge in [0, 0.05) is 6.07 Å². The highest BCUT2D eigenvalue weighted by Gasteiger charge is 2.15. The number of aromatic hydroxyl groups is 1. The molecule has 0 aliphatic heterocycles. The summed E-state index contributed by atoms with van der Waals surface area (Å²) in [6.07, 6.45) is 0. The normalized spacial score (nSPS) is 10.0. The molecule has 0 amide bonds. The molecular weight excluding hydrogens is 228 g/mol. The molecule has 1 aromatic carbocycles. The van der Waals surface area contributed by atoms with Crippen LogP contribution in [0.3, 0.4) is 0 Å². The SMILES string of the molecule is Nc1scnc1C(=O)Oc1cccc(O)c1. The number of phenolic OH excluding ortho intramolecular Hbond substituents is 1. The van der Waals surface area contributed by atoms with Crippen molar-refractivity contribution in [1.29, 1.82) is 0 Å². The molecule has 1 heterocycles. The molecule has 2 rings (SSSR count). The van der Waals surface area contributed by atoms with E-state index in [-0.39, 0.29) is 17.2 Å². The number of phenols is 1. The Bertz CT molecular complexity index is 524. The smallest absolute Gasteiger partial charge is 0.365 e. The van der Waals surface area contributed by atoms with Crippen LogP contribution in [-0.4, -0.2) is 16.1 Å². The quantitative estimate of drug-likeness (QED) is 0.611. The number of carbonyl (C=O) groups is 1. The predicted octanol–water partition coefficient (Wildman–Crippen LogP) is 1.65. The van der Waals surface area contributed by atoms with E-state index in [9.17, 15) is 9.90 Å². The van der Waals surface area contributed by atoms with Crippen LogP contribution in [0.15, 0.2) is 29.8 Å². The molecule has 1 aromatic heterocycles. The monoisotopic (exact) mass is 236 g/mol. The molecule has 0 spiro atoms. The van der Waals surface area contributed by atoms with E-state index in [0.29, 0.717) is 5.00 Å². The molecule has 0 aliphatic carbocycles. The molecule has 6 heteroatoms. The lowest BCUT2D eigenvalue weighted by Gasteiger charge is -2.02. The number of hydrogen-bond acceptors (Lipinski definition) is 6. The summed E-state index contributed by atoms with van der Waals surface area (Å²) in [6.45, 7) is 0. The molecule has 0 bridgehead atoms. The van der Waals surface area contributed by atoms with E-state index in [2.05, 4.69) is 4.98 Å². The van der Waals surface area contributed by atoms with Gasteiger partial charge in [0.2, 0.25) is 0 Å². The van der Waals surface area contributed by atoms with Gasteiger partial charge in [-0.15, -0.1) is 11.3 Å². The average molecular weight is 236 g/mol. The molecular formula is C10H8N2O3S. The first-order chi connectivity index (χ1) is 7.66. The van der Waals surface area contributed by atoms with Gasteiger partial charge in [-0.25, -0.2) is 9.78 Å². The second-order valence-corrected chi connectivity index (χ2v) is 3.84. The van der Waals surface area contributed by atoms with Gasteiger partial charge in [-0.2, -0.15) is 0 Å². The molecule has 0 unspecified atom stereocenters. The van der Waals surface area contributed by atoms with E-state index in [1.807, 2.05) is 0 Å². The van der Waals surface area contributed by atoms with Crippen molar-refractivity contribution < 1.29 is 14.6 Å². The van der Waals surface area contributed by atoms with Gasteiger partial charge >= 0.3 is 5.97 Å². The fourth-order valence-electron chi connectivity index (χ4n) is 1.11. The number of anilines is 1. The van der Waals surface area contributed by atoms with E-state index in [4.69, 9.17) is 10.5 Å². The molecule has 0 fully saturated rings. The first kappa shape index (κ1) is 10.4. The minimum atomic E-state index is -0.635. The van der Waals surface area contributed by atoms with Crippen molar-refractivity contribution in [3.05, 3.63) is 35.5 Å². The number of carbonyl (C=O) groups excluding carboxylic acids is 1. The van der Waals surface area contributed by atoms with Crippen molar-refractivity contribution in [1.82, 2.24) is 4.98 Å². The van der Waals surface area contributed by atoms with Crippen LogP contribution in [-0.2, 0) is 0 Å². The summed E-state index contributed by atoms with van der Waals surface area (Å²) < 4.78 is 4.99. The summed E-state index contributed by atoms with van der Waals surface area (Å²) in [4.78, 5) is 15.4. The van der Waals surface area contributed by atoms with Crippen molar-refractivity contribution in [3.63, 3.8) is 0 Å². The molecule has 0 radical (unpaired) electrons. The van der Waals surface area contributed by atoms with Crippen molar-refractivity contribution in [3.8, 4) is 11.5 Å². The van der Waals surface area contributed by atoms with Crippen LogP contribution in [0.2, 0.25) is 0 Å². The molecule has 0 saturated carbocycles. The highest BCUT2D eigenvalue weighted by Crippen LogP contribution is 2.21. The maximum Gasteiger partial charge on any atom is 0.365 e. The molecule has 0 saturated heterocycles. The summed E-state index contributed by atoms with van der Waals surface area (Å²) in [5, 5.41) is 9.49. The van der Waals surface area contributed by atoms with Crippen LogP contribution >= 0.6 is 11.3 Å². The van der Waals surface area contributed by atoms with Crippen LogP contribution < -0.4 is 10.5 Å². The fraction of sp³-hybridized carbons (Fsp3) is 0. The van der Waals surface area contributed by atoms with Gasteiger partial charge in [-0.1, -0.05) is 6.07 Å². The third kappa shape index (κ3) is 2.12. The third-order valence-electron chi connectivity index (χ3n) is 1.82. The number of ether oxygens (including phenoxy) is 1. The van der Waals surface area contributed by atoms with Crippen molar-refractivity contribution >= 4 is 22.3 Å².